The van der Waals surface area contributed by atoms with Gasteiger partial charge in [-0.1, -0.05) is 27.2 Å². The summed E-state index contributed by atoms with van der Waals surface area (Å²) in [6, 6.07) is 0. The Bertz CT molecular complexity index is 1100. The molecule has 0 radical (unpaired) electrons. The molecule has 1 unspecified atom stereocenters. The van der Waals surface area contributed by atoms with Crippen molar-refractivity contribution in [2.24, 2.45) is 11.3 Å². The summed E-state index contributed by atoms with van der Waals surface area (Å²) in [7, 11) is 0.846. The normalized spacial score (nSPS) is 17.7. The van der Waals surface area contributed by atoms with Crippen LogP contribution in [0.15, 0.2) is 0 Å². The van der Waals surface area contributed by atoms with Crippen LogP contribution in [0.2, 0.25) is 0 Å². The molecular weight excluding hydrogens is 586 g/mol. The zero-order valence-electron chi connectivity index (χ0n) is 20.7. The largest absolute Gasteiger partial charge is 0.465 e. The second-order valence-electron chi connectivity index (χ2n) is 9.66. The molecule has 2 rings (SSSR count). The highest BCUT2D eigenvalue weighted by Gasteiger charge is 2.89. The lowest BCUT2D eigenvalue weighted by Crippen LogP contribution is -2.70. The van der Waals surface area contributed by atoms with E-state index in [2.05, 4.69) is 4.74 Å². The number of hydrogen-bond acceptors (Lipinski definition) is 4. The van der Waals surface area contributed by atoms with Crippen molar-refractivity contribution >= 4 is 28.2 Å². The van der Waals surface area contributed by atoms with Crippen LogP contribution in [0.25, 0.3) is 0 Å². The van der Waals surface area contributed by atoms with E-state index in [1.165, 1.54) is 0 Å². The molecule has 4 nitrogen and oxygen atoms in total. The van der Waals surface area contributed by atoms with Gasteiger partial charge in [-0.15, -0.1) is 11.3 Å². The zero-order chi connectivity index (χ0) is 30.6. The van der Waals surface area contributed by atoms with Crippen LogP contribution in [0.1, 0.15) is 54.4 Å². The number of halogens is 12. The van der Waals surface area contributed by atoms with Crippen molar-refractivity contribution in [3.63, 3.8) is 0 Å². The molecule has 1 aliphatic rings. The van der Waals surface area contributed by atoms with Crippen LogP contribution in [0.4, 0.5) is 57.7 Å². The molecule has 1 atom stereocenters. The molecule has 0 fully saturated rings. The Balaban J connectivity index is 2.52. The van der Waals surface area contributed by atoms with Gasteiger partial charge in [0, 0.05) is 4.88 Å². The molecular formula is C22H23F12NO3S. The van der Waals surface area contributed by atoms with Gasteiger partial charge in [-0.05, 0) is 36.2 Å². The first-order valence-corrected chi connectivity index (χ1v) is 12.0. The fourth-order valence-corrected chi connectivity index (χ4v) is 5.32. The smallest absolute Gasteiger partial charge is 0.393 e. The predicted molar refractivity (Wildman–Crippen MR) is 115 cm³/mol. The minimum Gasteiger partial charge on any atom is -0.465 e. The second-order valence-corrected chi connectivity index (χ2v) is 10.8. The number of rotatable bonds is 10. The molecule has 0 saturated carbocycles. The molecule has 17 heteroatoms. The van der Waals surface area contributed by atoms with Gasteiger partial charge in [0.25, 0.3) is 0 Å². The number of nitrogens with one attached hydrogen (secondary N) is 1. The van der Waals surface area contributed by atoms with E-state index in [9.17, 15) is 62.3 Å². The van der Waals surface area contributed by atoms with E-state index in [-0.39, 0.29) is 29.7 Å². The van der Waals surface area contributed by atoms with Crippen LogP contribution in [0.3, 0.4) is 0 Å². The van der Waals surface area contributed by atoms with E-state index in [1.54, 1.807) is 0 Å². The Labute approximate surface area is 218 Å². The molecule has 0 saturated heterocycles. The quantitative estimate of drug-likeness (QED) is 0.222. The molecule has 39 heavy (non-hydrogen) atoms. The van der Waals surface area contributed by atoms with E-state index in [4.69, 9.17) is 0 Å². The number of fused-ring (bicyclic) bond motifs is 1. The van der Waals surface area contributed by atoms with Crippen LogP contribution in [0.5, 0.6) is 0 Å². The van der Waals surface area contributed by atoms with Gasteiger partial charge >= 0.3 is 47.9 Å². The Morgan fingerprint density at radius 2 is 1.51 bits per heavy atom. The van der Waals surface area contributed by atoms with Gasteiger partial charge in [-0.3, -0.25) is 4.79 Å². The van der Waals surface area contributed by atoms with E-state index in [0.717, 1.165) is 12.4 Å². The average molecular weight is 609 g/mol. The Morgan fingerprint density at radius 3 is 1.97 bits per heavy atom. The molecule has 1 N–H and O–H groups in total. The molecule has 1 aliphatic carbocycles. The molecule has 0 spiro atoms. The van der Waals surface area contributed by atoms with Crippen molar-refractivity contribution in [1.29, 1.82) is 0 Å². The number of alkyl halides is 12. The highest BCUT2D eigenvalue weighted by molar-refractivity contribution is 7.17. The summed E-state index contributed by atoms with van der Waals surface area (Å²) in [5.41, 5.74) is -0.629. The number of anilines is 1. The van der Waals surface area contributed by atoms with E-state index < -0.39 is 58.5 Å². The van der Waals surface area contributed by atoms with E-state index in [1.807, 2.05) is 20.8 Å². The highest BCUT2D eigenvalue weighted by Crippen LogP contribution is 2.58. The van der Waals surface area contributed by atoms with Crippen molar-refractivity contribution in [3.8, 4) is 0 Å². The SMILES string of the molecule is CCC(C)(C)C1CCc2c(sc(NC(=O)C(F)(F)C(F)(F)C(F)(F)C(F)(F)C(F)(F)C(F)F)c2C(=O)OC)C1. The van der Waals surface area contributed by atoms with Crippen LogP contribution in [-0.2, 0) is 22.4 Å². The summed E-state index contributed by atoms with van der Waals surface area (Å²) >= 11 is 0.446. The third kappa shape index (κ3) is 5.07. The van der Waals surface area contributed by atoms with Crippen LogP contribution < -0.4 is 5.32 Å². The molecule has 224 valence electrons. The lowest BCUT2D eigenvalue weighted by Gasteiger charge is -2.38. The average Bonchev–Trinajstić information content (AvgIpc) is 3.19. The number of esters is 1. The Hall–Kier alpha value is -2.20. The van der Waals surface area contributed by atoms with Gasteiger partial charge in [0.05, 0.1) is 12.7 Å². The number of methoxy groups -OCH3 is 1. The van der Waals surface area contributed by atoms with Crippen LogP contribution >= 0.6 is 11.3 Å². The summed E-state index contributed by atoms with van der Waals surface area (Å²) in [6.07, 6.45) is -4.11. The van der Waals surface area contributed by atoms with Crippen LogP contribution in [0, 0.1) is 11.3 Å². The number of amides is 1. The molecule has 0 aliphatic heterocycles. The van der Waals surface area contributed by atoms with E-state index in [0.29, 0.717) is 29.1 Å². The first-order chi connectivity index (χ1) is 17.5. The lowest BCUT2D eigenvalue weighted by atomic mass is 9.69. The number of hydrogen-bond donors (Lipinski definition) is 1. The fraction of sp³-hybridized carbons (Fsp3) is 0.727. The summed E-state index contributed by atoms with van der Waals surface area (Å²) < 4.78 is 167. The maximum absolute atomic E-state index is 14.3. The number of thiophene rings is 1. The summed E-state index contributed by atoms with van der Waals surface area (Å²) in [4.78, 5) is 24.7. The van der Waals surface area contributed by atoms with Gasteiger partial charge in [-0.2, -0.15) is 43.9 Å². The number of carbonyl (C=O) groups is 2. The van der Waals surface area contributed by atoms with Crippen molar-refractivity contribution in [2.45, 2.75) is 82.5 Å². The first-order valence-electron chi connectivity index (χ1n) is 11.2. The van der Waals surface area contributed by atoms with Crippen molar-refractivity contribution in [3.05, 3.63) is 16.0 Å². The number of carbonyl (C=O) groups excluding carboxylic acids is 2. The maximum atomic E-state index is 14.3. The molecule has 1 aromatic heterocycles. The summed E-state index contributed by atoms with van der Waals surface area (Å²) in [6.45, 7) is 5.75. The van der Waals surface area contributed by atoms with Crippen molar-refractivity contribution in [2.75, 3.05) is 12.4 Å². The zero-order valence-corrected chi connectivity index (χ0v) is 21.5. The maximum Gasteiger partial charge on any atom is 0.393 e. The van der Waals surface area contributed by atoms with Gasteiger partial charge in [0.1, 0.15) is 5.00 Å². The lowest BCUT2D eigenvalue weighted by molar-refractivity contribution is -0.406. The van der Waals surface area contributed by atoms with Gasteiger partial charge in [0.2, 0.25) is 0 Å². The standard InChI is InChI=1S/C22H23F12NO3S/c1-5-17(2,3)9-6-7-10-11(8-9)39-13(12(10)14(36)38-4)35-16(37)19(27,28)21(31,32)22(33,34)20(29,30)18(25,26)15(23)24/h9,15H,5-8H2,1-4H3,(H,35,37). The minimum atomic E-state index is -7.85. The third-order valence-electron chi connectivity index (χ3n) is 7.06. The first kappa shape index (κ1) is 33.0. The second kappa shape index (κ2) is 10.3. The van der Waals surface area contributed by atoms with Gasteiger partial charge in [-0.25, -0.2) is 13.6 Å². The van der Waals surface area contributed by atoms with Crippen LogP contribution in [-0.4, -0.2) is 55.0 Å². The molecule has 1 heterocycles. The van der Waals surface area contributed by atoms with Crippen molar-refractivity contribution in [1.82, 2.24) is 0 Å². The third-order valence-corrected chi connectivity index (χ3v) is 8.23. The van der Waals surface area contributed by atoms with E-state index >= 15 is 0 Å². The molecule has 1 amide bonds. The predicted octanol–water partition coefficient (Wildman–Crippen LogP) is 7.46. The monoisotopic (exact) mass is 609 g/mol. The number of ether oxygens (including phenoxy) is 1. The summed E-state index contributed by atoms with van der Waals surface area (Å²) in [5.74, 6) is -41.8. The van der Waals surface area contributed by atoms with Crippen molar-refractivity contribution < 1.29 is 67.0 Å². The minimum absolute atomic E-state index is 0.0223. The Kier molecular flexibility index (Phi) is 8.74. The highest BCUT2D eigenvalue weighted by atomic mass is 32.1. The molecule has 1 aromatic rings. The topological polar surface area (TPSA) is 55.4 Å². The van der Waals surface area contributed by atoms with Gasteiger partial charge in [0.15, 0.2) is 0 Å². The van der Waals surface area contributed by atoms with Gasteiger partial charge < -0.3 is 10.1 Å². The fourth-order valence-electron chi connectivity index (χ4n) is 4.01. The molecule has 0 bridgehead atoms. The Morgan fingerprint density at radius 1 is 0.974 bits per heavy atom. The molecule has 0 aromatic carbocycles. The summed E-state index contributed by atoms with van der Waals surface area (Å²) in [5, 5.41) is 0.251.